The third-order valence-corrected chi connectivity index (χ3v) is 5.36. The van der Waals surface area contributed by atoms with Gasteiger partial charge in [-0.3, -0.25) is 0 Å². The standard InChI is InChI=1S/C21H27N7O2/c1-5-30-18-7-6-17(16(4)24-18)25-21(29)26-10-11-27(15(3)13-26)19-8-9-22-20-14(2)12-23-28(19)20/h6-9,12,15H,5,10-11,13H2,1-4H3,(H,25,29)/t15-/m0/s1. The Hall–Kier alpha value is -3.36. The first-order chi connectivity index (χ1) is 14.5. The molecule has 1 fully saturated rings. The van der Waals surface area contributed by atoms with Crippen LogP contribution in [0.4, 0.5) is 16.3 Å². The van der Waals surface area contributed by atoms with Crippen LogP contribution in [0.3, 0.4) is 0 Å². The summed E-state index contributed by atoms with van der Waals surface area (Å²) in [5.74, 6) is 1.56. The predicted molar refractivity (Wildman–Crippen MR) is 115 cm³/mol. The monoisotopic (exact) mass is 409 g/mol. The van der Waals surface area contributed by atoms with Gasteiger partial charge in [-0.05, 0) is 39.8 Å². The smallest absolute Gasteiger partial charge is 0.322 e. The van der Waals surface area contributed by atoms with E-state index in [2.05, 4.69) is 32.2 Å². The minimum absolute atomic E-state index is 0.120. The Balaban J connectivity index is 1.44. The molecule has 30 heavy (non-hydrogen) atoms. The maximum atomic E-state index is 12.8. The second-order valence-electron chi connectivity index (χ2n) is 7.50. The van der Waals surface area contributed by atoms with Crippen molar-refractivity contribution >= 4 is 23.2 Å². The fraction of sp³-hybridized carbons (Fsp3) is 0.429. The van der Waals surface area contributed by atoms with Gasteiger partial charge in [0, 0.05) is 43.5 Å². The van der Waals surface area contributed by atoms with Crippen LogP contribution in [-0.4, -0.2) is 62.8 Å². The van der Waals surface area contributed by atoms with E-state index in [4.69, 9.17) is 4.74 Å². The number of anilines is 2. The van der Waals surface area contributed by atoms with Crippen molar-refractivity contribution in [2.75, 3.05) is 36.5 Å². The largest absolute Gasteiger partial charge is 0.478 e. The van der Waals surface area contributed by atoms with Gasteiger partial charge in [-0.25, -0.2) is 14.8 Å². The molecule has 0 unspecified atom stereocenters. The summed E-state index contributed by atoms with van der Waals surface area (Å²) in [6.07, 6.45) is 3.64. The van der Waals surface area contributed by atoms with Crippen molar-refractivity contribution in [2.45, 2.75) is 33.7 Å². The van der Waals surface area contributed by atoms with Gasteiger partial charge in [0.15, 0.2) is 5.65 Å². The zero-order chi connectivity index (χ0) is 21.3. The fourth-order valence-electron chi connectivity index (χ4n) is 3.79. The van der Waals surface area contributed by atoms with E-state index in [1.807, 2.05) is 54.7 Å². The van der Waals surface area contributed by atoms with Gasteiger partial charge < -0.3 is 19.9 Å². The molecule has 0 bridgehead atoms. The number of pyridine rings is 1. The molecule has 0 saturated carbocycles. The van der Waals surface area contributed by atoms with E-state index in [1.54, 1.807) is 6.07 Å². The van der Waals surface area contributed by atoms with Crippen molar-refractivity contribution in [2.24, 2.45) is 0 Å². The number of fused-ring (bicyclic) bond motifs is 1. The summed E-state index contributed by atoms with van der Waals surface area (Å²) < 4.78 is 7.28. The van der Waals surface area contributed by atoms with Gasteiger partial charge in [0.25, 0.3) is 0 Å². The van der Waals surface area contributed by atoms with Gasteiger partial charge in [0.2, 0.25) is 5.88 Å². The SMILES string of the molecule is CCOc1ccc(NC(=O)N2CCN(c3ccnc4c(C)cnn34)[C@@H](C)C2)c(C)n1. The maximum Gasteiger partial charge on any atom is 0.322 e. The Morgan fingerprint density at radius 2 is 2.10 bits per heavy atom. The van der Waals surface area contributed by atoms with E-state index in [0.29, 0.717) is 37.8 Å². The second-order valence-corrected chi connectivity index (χ2v) is 7.50. The van der Waals surface area contributed by atoms with Crippen LogP contribution < -0.4 is 15.0 Å². The second kappa shape index (κ2) is 8.17. The lowest BCUT2D eigenvalue weighted by molar-refractivity contribution is 0.200. The Kier molecular flexibility index (Phi) is 5.43. The average Bonchev–Trinajstić information content (AvgIpc) is 3.11. The third kappa shape index (κ3) is 3.74. The zero-order valence-corrected chi connectivity index (χ0v) is 17.8. The molecular weight excluding hydrogens is 382 g/mol. The molecule has 158 valence electrons. The van der Waals surface area contributed by atoms with Gasteiger partial charge in [-0.1, -0.05) is 0 Å². The number of ether oxygens (including phenoxy) is 1. The minimum Gasteiger partial charge on any atom is -0.478 e. The molecular formula is C21H27N7O2. The van der Waals surface area contributed by atoms with Crippen LogP contribution in [0.15, 0.2) is 30.6 Å². The Bertz CT molecular complexity index is 1060. The Labute approximate surface area is 175 Å². The molecule has 1 atom stereocenters. The van der Waals surface area contributed by atoms with E-state index in [0.717, 1.165) is 22.7 Å². The van der Waals surface area contributed by atoms with Gasteiger partial charge in [0.05, 0.1) is 24.2 Å². The summed E-state index contributed by atoms with van der Waals surface area (Å²) in [7, 11) is 0. The van der Waals surface area contributed by atoms with Crippen LogP contribution in [0, 0.1) is 13.8 Å². The van der Waals surface area contributed by atoms with Crippen molar-refractivity contribution in [1.29, 1.82) is 0 Å². The highest BCUT2D eigenvalue weighted by Crippen LogP contribution is 2.23. The summed E-state index contributed by atoms with van der Waals surface area (Å²) in [6, 6.07) is 5.59. The number of aromatic nitrogens is 4. The number of nitrogens with zero attached hydrogens (tertiary/aromatic N) is 6. The Morgan fingerprint density at radius 3 is 2.83 bits per heavy atom. The van der Waals surface area contributed by atoms with Crippen molar-refractivity contribution < 1.29 is 9.53 Å². The highest BCUT2D eigenvalue weighted by Gasteiger charge is 2.28. The number of rotatable bonds is 4. The summed E-state index contributed by atoms with van der Waals surface area (Å²) in [5, 5.41) is 7.45. The highest BCUT2D eigenvalue weighted by molar-refractivity contribution is 5.90. The third-order valence-electron chi connectivity index (χ3n) is 5.36. The van der Waals surface area contributed by atoms with Crippen molar-refractivity contribution in [3.63, 3.8) is 0 Å². The topological polar surface area (TPSA) is 87.9 Å². The number of nitrogens with one attached hydrogen (secondary N) is 1. The Morgan fingerprint density at radius 1 is 1.27 bits per heavy atom. The molecule has 0 aliphatic carbocycles. The van der Waals surface area contributed by atoms with Gasteiger partial charge in [-0.2, -0.15) is 9.61 Å². The molecule has 0 aromatic carbocycles. The number of hydrogen-bond donors (Lipinski definition) is 1. The number of hydrogen-bond acceptors (Lipinski definition) is 6. The van der Waals surface area contributed by atoms with Crippen molar-refractivity contribution in [3.05, 3.63) is 41.9 Å². The lowest BCUT2D eigenvalue weighted by Gasteiger charge is -2.40. The van der Waals surface area contributed by atoms with Crippen molar-refractivity contribution in [3.8, 4) is 5.88 Å². The molecule has 1 N–H and O–H groups in total. The van der Waals surface area contributed by atoms with E-state index >= 15 is 0 Å². The molecule has 0 spiro atoms. The van der Waals surface area contributed by atoms with Gasteiger partial charge in [-0.15, -0.1) is 0 Å². The molecule has 3 aromatic rings. The zero-order valence-electron chi connectivity index (χ0n) is 17.8. The first-order valence-corrected chi connectivity index (χ1v) is 10.2. The highest BCUT2D eigenvalue weighted by atomic mass is 16.5. The van der Waals surface area contributed by atoms with Gasteiger partial charge in [0.1, 0.15) is 5.82 Å². The average molecular weight is 409 g/mol. The minimum atomic E-state index is -0.120. The summed E-state index contributed by atoms with van der Waals surface area (Å²) in [4.78, 5) is 25.8. The molecule has 0 radical (unpaired) electrons. The number of urea groups is 1. The molecule has 1 aliphatic rings. The number of piperazine rings is 1. The molecule has 4 rings (SSSR count). The van der Waals surface area contributed by atoms with E-state index in [1.165, 1.54) is 0 Å². The van der Waals surface area contributed by atoms with E-state index in [-0.39, 0.29) is 12.1 Å². The molecule has 9 heteroatoms. The van der Waals surface area contributed by atoms with Crippen molar-refractivity contribution in [1.82, 2.24) is 24.5 Å². The van der Waals surface area contributed by atoms with Crippen LogP contribution in [0.1, 0.15) is 25.1 Å². The summed E-state index contributed by atoms with van der Waals surface area (Å²) in [6.45, 7) is 10.4. The lowest BCUT2D eigenvalue weighted by atomic mass is 10.2. The maximum absolute atomic E-state index is 12.8. The van der Waals surface area contributed by atoms with Crippen LogP contribution >= 0.6 is 0 Å². The number of aryl methyl sites for hydroxylation is 2. The van der Waals surface area contributed by atoms with E-state index < -0.39 is 0 Å². The fourth-order valence-corrected chi connectivity index (χ4v) is 3.79. The normalized spacial score (nSPS) is 16.7. The lowest BCUT2D eigenvalue weighted by Crippen LogP contribution is -2.55. The molecule has 1 aliphatic heterocycles. The summed E-state index contributed by atoms with van der Waals surface area (Å²) >= 11 is 0. The van der Waals surface area contributed by atoms with Crippen LogP contribution in [0.2, 0.25) is 0 Å². The first kappa shape index (κ1) is 19.9. The quantitative estimate of drug-likeness (QED) is 0.713. The molecule has 9 nitrogen and oxygen atoms in total. The number of amides is 2. The molecule has 1 saturated heterocycles. The first-order valence-electron chi connectivity index (χ1n) is 10.2. The molecule has 2 amide bonds. The summed E-state index contributed by atoms with van der Waals surface area (Å²) in [5.41, 5.74) is 3.33. The van der Waals surface area contributed by atoms with Crippen LogP contribution in [0.25, 0.3) is 5.65 Å². The predicted octanol–water partition coefficient (Wildman–Crippen LogP) is 2.88. The van der Waals surface area contributed by atoms with Crippen LogP contribution in [-0.2, 0) is 0 Å². The van der Waals surface area contributed by atoms with Gasteiger partial charge >= 0.3 is 6.03 Å². The molecule has 4 heterocycles. The number of carbonyl (C=O) groups is 1. The number of carbonyl (C=O) groups excluding carboxylic acids is 1. The van der Waals surface area contributed by atoms with Crippen LogP contribution in [0.5, 0.6) is 5.88 Å². The molecule has 3 aromatic heterocycles. The van der Waals surface area contributed by atoms with E-state index in [9.17, 15) is 4.79 Å².